The summed E-state index contributed by atoms with van der Waals surface area (Å²) in [6, 6.07) is 34.9. The Morgan fingerprint density at radius 3 is 1.55 bits per heavy atom. The Morgan fingerprint density at radius 1 is 0.579 bits per heavy atom. The molecule has 6 aromatic rings. The lowest BCUT2D eigenvalue weighted by atomic mass is 10.0. The Kier molecular flexibility index (Phi) is 6.73. The maximum atomic E-state index is 9.80. The third kappa shape index (κ3) is 5.37. The third-order valence-electron chi connectivity index (χ3n) is 6.05. The molecule has 0 aliphatic carbocycles. The molecule has 38 heavy (non-hydrogen) atoms. The van der Waals surface area contributed by atoms with Crippen LogP contribution in [0.3, 0.4) is 0 Å². The first-order chi connectivity index (χ1) is 18.7. The van der Waals surface area contributed by atoms with Crippen molar-refractivity contribution in [2.45, 2.75) is 0 Å². The van der Waals surface area contributed by atoms with Crippen LogP contribution < -0.4 is 0 Å². The molecule has 2 heterocycles. The van der Waals surface area contributed by atoms with Gasteiger partial charge in [-0.1, -0.05) is 84.9 Å². The van der Waals surface area contributed by atoms with Gasteiger partial charge in [0.1, 0.15) is 10.0 Å². The number of allylic oxidation sites excluding steroid dienone is 1. The Bertz CT molecular complexity index is 1800. The van der Waals surface area contributed by atoms with E-state index in [9.17, 15) is 5.26 Å². The predicted octanol–water partition coefficient (Wildman–Crippen LogP) is 9.31. The van der Waals surface area contributed by atoms with Crippen molar-refractivity contribution >= 4 is 79.1 Å². The fourth-order valence-electron chi connectivity index (χ4n) is 4.08. The molecule has 0 saturated carbocycles. The SMILES string of the molecule is N#C/C(=C/c1ccc(/C=C/c2nc3ccccc3s2)cc1)c1ccc(/C=C/c2nc3ccccc3s2)cc1. The lowest BCUT2D eigenvalue weighted by Gasteiger charge is -2.02. The highest BCUT2D eigenvalue weighted by Crippen LogP contribution is 2.25. The van der Waals surface area contributed by atoms with Gasteiger partial charge in [-0.2, -0.15) is 5.26 Å². The monoisotopic (exact) mass is 523 g/mol. The highest BCUT2D eigenvalue weighted by molar-refractivity contribution is 7.19. The van der Waals surface area contributed by atoms with E-state index in [1.807, 2.05) is 91.0 Å². The molecule has 5 heteroatoms. The van der Waals surface area contributed by atoms with Gasteiger partial charge in [-0.05, 0) is 64.7 Å². The largest absolute Gasteiger partial charge is 0.237 e. The highest BCUT2D eigenvalue weighted by atomic mass is 32.1. The number of hydrogen-bond donors (Lipinski definition) is 0. The Balaban J connectivity index is 1.14. The maximum absolute atomic E-state index is 9.80. The van der Waals surface area contributed by atoms with Crippen LogP contribution in [-0.2, 0) is 0 Å². The molecule has 0 aliphatic rings. The van der Waals surface area contributed by atoms with Crippen molar-refractivity contribution in [3.8, 4) is 6.07 Å². The Labute approximate surface area is 229 Å². The number of thiazole rings is 2. The van der Waals surface area contributed by atoms with E-state index in [1.54, 1.807) is 22.7 Å². The van der Waals surface area contributed by atoms with E-state index >= 15 is 0 Å². The number of aromatic nitrogens is 2. The minimum absolute atomic E-state index is 0.629. The minimum Gasteiger partial charge on any atom is -0.237 e. The van der Waals surface area contributed by atoms with Crippen LogP contribution in [0.15, 0.2) is 97.1 Å². The normalized spacial score (nSPS) is 12.1. The van der Waals surface area contributed by atoms with Crippen LogP contribution in [0.25, 0.3) is 56.4 Å². The van der Waals surface area contributed by atoms with E-state index in [-0.39, 0.29) is 0 Å². The summed E-state index contributed by atoms with van der Waals surface area (Å²) in [5.41, 5.74) is 6.71. The molecule has 180 valence electrons. The molecular weight excluding hydrogens is 503 g/mol. The Hall–Kier alpha value is -4.63. The summed E-state index contributed by atoms with van der Waals surface area (Å²) < 4.78 is 2.37. The number of rotatable bonds is 6. The zero-order valence-electron chi connectivity index (χ0n) is 20.3. The Morgan fingerprint density at radius 2 is 1.05 bits per heavy atom. The lowest BCUT2D eigenvalue weighted by Crippen LogP contribution is -1.83. The van der Waals surface area contributed by atoms with Crippen LogP contribution >= 0.6 is 22.7 Å². The molecule has 0 radical (unpaired) electrons. The average Bonchev–Trinajstić information content (AvgIpc) is 3.58. The first-order valence-corrected chi connectivity index (χ1v) is 13.8. The predicted molar refractivity (Wildman–Crippen MR) is 163 cm³/mol. The van der Waals surface area contributed by atoms with Gasteiger partial charge in [0, 0.05) is 0 Å². The first kappa shape index (κ1) is 23.7. The molecule has 0 spiro atoms. The molecule has 0 saturated heterocycles. The van der Waals surface area contributed by atoms with Gasteiger partial charge in [-0.25, -0.2) is 9.97 Å². The minimum atomic E-state index is 0.629. The molecular formula is C33H21N3S2. The van der Waals surface area contributed by atoms with Crippen molar-refractivity contribution < 1.29 is 0 Å². The van der Waals surface area contributed by atoms with E-state index in [4.69, 9.17) is 0 Å². The number of fused-ring (bicyclic) bond motifs is 2. The van der Waals surface area contributed by atoms with Crippen molar-refractivity contribution in [1.29, 1.82) is 5.26 Å². The second-order valence-electron chi connectivity index (χ2n) is 8.66. The van der Waals surface area contributed by atoms with Gasteiger partial charge in [-0.3, -0.25) is 0 Å². The number of hydrogen-bond acceptors (Lipinski definition) is 5. The summed E-state index contributed by atoms with van der Waals surface area (Å²) in [6.07, 6.45) is 10.1. The van der Waals surface area contributed by atoms with Crippen molar-refractivity contribution in [3.05, 3.63) is 129 Å². The summed E-state index contributed by atoms with van der Waals surface area (Å²) in [6.45, 7) is 0. The number of nitriles is 1. The quantitative estimate of drug-likeness (QED) is 0.161. The number of benzene rings is 4. The fourth-order valence-corrected chi connectivity index (χ4v) is 5.82. The van der Waals surface area contributed by atoms with E-state index in [2.05, 4.69) is 52.5 Å². The third-order valence-corrected chi connectivity index (χ3v) is 8.05. The fraction of sp³-hybridized carbons (Fsp3) is 0. The van der Waals surface area contributed by atoms with E-state index in [1.165, 1.54) is 9.40 Å². The van der Waals surface area contributed by atoms with Crippen molar-refractivity contribution in [1.82, 2.24) is 9.97 Å². The average molecular weight is 524 g/mol. The molecule has 3 nitrogen and oxygen atoms in total. The van der Waals surface area contributed by atoms with Gasteiger partial charge in [0.15, 0.2) is 0 Å². The second kappa shape index (κ2) is 10.8. The van der Waals surface area contributed by atoms with Gasteiger partial charge in [0.2, 0.25) is 0 Å². The summed E-state index contributed by atoms with van der Waals surface area (Å²) >= 11 is 3.36. The van der Waals surface area contributed by atoms with Crippen LogP contribution in [0, 0.1) is 11.3 Å². The van der Waals surface area contributed by atoms with Gasteiger partial charge < -0.3 is 0 Å². The molecule has 0 fully saturated rings. The molecule has 2 aromatic heterocycles. The van der Waals surface area contributed by atoms with Crippen molar-refractivity contribution in [2.24, 2.45) is 0 Å². The smallest absolute Gasteiger partial charge is 0.117 e. The van der Waals surface area contributed by atoms with Crippen LogP contribution in [0.1, 0.15) is 32.3 Å². The molecule has 0 N–H and O–H groups in total. The lowest BCUT2D eigenvalue weighted by molar-refractivity contribution is 1.46. The van der Waals surface area contributed by atoms with Crippen molar-refractivity contribution in [3.63, 3.8) is 0 Å². The molecule has 0 amide bonds. The van der Waals surface area contributed by atoms with Gasteiger partial charge in [0.05, 0.1) is 32.1 Å². The second-order valence-corrected chi connectivity index (χ2v) is 10.8. The maximum Gasteiger partial charge on any atom is 0.117 e. The van der Waals surface area contributed by atoms with Crippen molar-refractivity contribution in [2.75, 3.05) is 0 Å². The van der Waals surface area contributed by atoms with Crippen LogP contribution in [0.5, 0.6) is 0 Å². The first-order valence-electron chi connectivity index (χ1n) is 12.1. The summed E-state index contributed by atoms with van der Waals surface area (Å²) in [5, 5.41) is 11.8. The van der Waals surface area contributed by atoms with Crippen LogP contribution in [0.4, 0.5) is 0 Å². The zero-order valence-corrected chi connectivity index (χ0v) is 21.9. The zero-order chi connectivity index (χ0) is 25.7. The summed E-state index contributed by atoms with van der Waals surface area (Å²) in [5.74, 6) is 0. The van der Waals surface area contributed by atoms with E-state index < -0.39 is 0 Å². The summed E-state index contributed by atoms with van der Waals surface area (Å²) in [4.78, 5) is 9.30. The molecule has 0 unspecified atom stereocenters. The standard InChI is InChI=1S/C33H21N3S2/c34-22-27(26-17-13-24(14-18-26)16-20-33-36-29-6-2-4-8-31(29)38-33)21-25-11-9-23(10-12-25)15-19-32-35-28-5-1-3-7-30(28)37-32/h1-21H/b19-15+,20-16+,27-21-. The van der Waals surface area contributed by atoms with Gasteiger partial charge in [-0.15, -0.1) is 22.7 Å². The molecule has 0 aliphatic heterocycles. The molecule has 4 aromatic carbocycles. The summed E-state index contributed by atoms with van der Waals surface area (Å²) in [7, 11) is 0. The topological polar surface area (TPSA) is 49.6 Å². The number of para-hydroxylation sites is 2. The van der Waals surface area contributed by atoms with Gasteiger partial charge in [0.25, 0.3) is 0 Å². The molecule has 0 atom stereocenters. The molecule has 6 rings (SSSR count). The van der Waals surface area contributed by atoms with E-state index in [0.717, 1.165) is 43.3 Å². The van der Waals surface area contributed by atoms with Gasteiger partial charge >= 0.3 is 0 Å². The number of nitrogens with zero attached hydrogens (tertiary/aromatic N) is 3. The highest BCUT2D eigenvalue weighted by Gasteiger charge is 2.03. The van der Waals surface area contributed by atoms with Crippen LogP contribution in [-0.4, -0.2) is 9.97 Å². The van der Waals surface area contributed by atoms with Crippen LogP contribution in [0.2, 0.25) is 0 Å². The molecule has 0 bridgehead atoms. The van der Waals surface area contributed by atoms with E-state index in [0.29, 0.717) is 5.57 Å².